The van der Waals surface area contributed by atoms with E-state index in [9.17, 15) is 9.90 Å². The van der Waals surface area contributed by atoms with Gasteiger partial charge in [-0.05, 0) is 26.1 Å². The Hall–Kier alpha value is -1.09. The van der Waals surface area contributed by atoms with Gasteiger partial charge in [0.15, 0.2) is 0 Å². The number of fused-ring (bicyclic) bond motifs is 2. The van der Waals surface area contributed by atoms with Gasteiger partial charge in [0.1, 0.15) is 5.76 Å². The Labute approximate surface area is 131 Å². The van der Waals surface area contributed by atoms with Gasteiger partial charge >= 0.3 is 7.12 Å². The molecule has 22 heavy (non-hydrogen) atoms. The summed E-state index contributed by atoms with van der Waals surface area (Å²) in [5.74, 6) is 0.00990. The third-order valence-electron chi connectivity index (χ3n) is 5.04. The topological polar surface area (TPSA) is 119 Å². The second-order valence-electron chi connectivity index (χ2n) is 6.45. The van der Waals surface area contributed by atoms with Crippen LogP contribution in [0.4, 0.5) is 0 Å². The second-order valence-corrected chi connectivity index (χ2v) is 6.45. The first-order valence-electron chi connectivity index (χ1n) is 7.85. The summed E-state index contributed by atoms with van der Waals surface area (Å²) in [5, 5.41) is 31.4. The van der Waals surface area contributed by atoms with Crippen LogP contribution in [0.1, 0.15) is 26.2 Å². The van der Waals surface area contributed by atoms with Gasteiger partial charge in [-0.15, -0.1) is 0 Å². The van der Waals surface area contributed by atoms with E-state index in [0.29, 0.717) is 32.4 Å². The van der Waals surface area contributed by atoms with Crippen LogP contribution in [-0.2, 0) is 4.79 Å². The third kappa shape index (κ3) is 3.01. The van der Waals surface area contributed by atoms with Crippen LogP contribution < -0.4 is 11.1 Å². The van der Waals surface area contributed by atoms with Crippen molar-refractivity contribution in [2.75, 3.05) is 13.1 Å². The van der Waals surface area contributed by atoms with E-state index in [4.69, 9.17) is 15.8 Å². The molecule has 2 rings (SSSR count). The Kier molecular flexibility index (Phi) is 5.16. The second kappa shape index (κ2) is 6.58. The minimum absolute atomic E-state index is 0.000185. The summed E-state index contributed by atoms with van der Waals surface area (Å²) in [6.45, 7) is 6.51. The molecule has 1 amide bonds. The normalized spacial score (nSPS) is 31.9. The van der Waals surface area contributed by atoms with Gasteiger partial charge in [0.05, 0.1) is 11.6 Å². The van der Waals surface area contributed by atoms with Gasteiger partial charge in [-0.25, -0.2) is 0 Å². The van der Waals surface area contributed by atoms with E-state index in [2.05, 4.69) is 11.9 Å². The molecular formula is C14H26BN3O4. The van der Waals surface area contributed by atoms with Crippen LogP contribution in [0.5, 0.6) is 0 Å². The molecule has 124 valence electrons. The van der Waals surface area contributed by atoms with Gasteiger partial charge < -0.3 is 31.1 Å². The van der Waals surface area contributed by atoms with E-state index < -0.39 is 18.7 Å². The molecule has 0 aromatic carbocycles. The van der Waals surface area contributed by atoms with Gasteiger partial charge in [0.25, 0.3) is 0 Å². The van der Waals surface area contributed by atoms with Gasteiger partial charge in [-0.3, -0.25) is 4.79 Å². The number of hydrogen-bond acceptors (Lipinski definition) is 6. The zero-order valence-electron chi connectivity index (χ0n) is 13.0. The van der Waals surface area contributed by atoms with Crippen molar-refractivity contribution in [2.45, 2.75) is 50.1 Å². The number of amides is 1. The lowest BCUT2D eigenvalue weighted by Crippen LogP contribution is -2.58. The quantitative estimate of drug-likeness (QED) is 0.324. The highest BCUT2D eigenvalue weighted by Crippen LogP contribution is 2.44. The van der Waals surface area contributed by atoms with Crippen molar-refractivity contribution in [3.63, 3.8) is 0 Å². The number of rotatable bonds is 6. The van der Waals surface area contributed by atoms with Gasteiger partial charge in [-0.1, -0.05) is 13.0 Å². The van der Waals surface area contributed by atoms with E-state index in [1.807, 2.05) is 0 Å². The molecule has 0 radical (unpaired) electrons. The SMILES string of the molecule is C=C(O)C12CCN(C(=O)C(C)N)C(CN1)C2CCCB(O)O. The molecule has 8 heteroatoms. The Bertz CT molecular complexity index is 446. The molecule has 2 aliphatic heterocycles. The maximum atomic E-state index is 12.3. The van der Waals surface area contributed by atoms with Crippen LogP contribution in [0.2, 0.25) is 6.32 Å². The van der Waals surface area contributed by atoms with Crippen molar-refractivity contribution in [3.05, 3.63) is 12.3 Å². The molecule has 2 aliphatic rings. The fraction of sp³-hybridized carbons (Fsp3) is 0.786. The van der Waals surface area contributed by atoms with Crippen LogP contribution in [0, 0.1) is 5.92 Å². The van der Waals surface area contributed by atoms with Gasteiger partial charge in [0, 0.05) is 25.0 Å². The van der Waals surface area contributed by atoms with Crippen molar-refractivity contribution >= 4 is 13.0 Å². The first kappa shape index (κ1) is 17.3. The molecule has 6 N–H and O–H groups in total. The third-order valence-corrected chi connectivity index (χ3v) is 5.04. The molecule has 0 spiro atoms. The standard InChI is InChI=1S/C14H26BN3O4/c1-9(16)13(20)18-7-5-14(10(2)19)11(12(18)8-17-14)4-3-6-15(21)22/h9,11-12,17,19,21-22H,2-8,16H2,1H3. The zero-order valence-corrected chi connectivity index (χ0v) is 13.0. The minimum Gasteiger partial charge on any atom is -0.511 e. The lowest BCUT2D eigenvalue weighted by atomic mass is 9.71. The van der Waals surface area contributed by atoms with E-state index in [-0.39, 0.29) is 29.9 Å². The van der Waals surface area contributed by atoms with Crippen LogP contribution in [0.3, 0.4) is 0 Å². The number of carbonyl (C=O) groups excluding carboxylic acids is 1. The Morgan fingerprint density at radius 2 is 2.27 bits per heavy atom. The predicted molar refractivity (Wildman–Crippen MR) is 84.0 cm³/mol. The molecule has 0 aliphatic carbocycles. The minimum atomic E-state index is -1.33. The van der Waals surface area contributed by atoms with Crippen molar-refractivity contribution < 1.29 is 19.9 Å². The molecule has 0 aromatic rings. The predicted octanol–water partition coefficient (Wildman–Crippen LogP) is -0.783. The Morgan fingerprint density at radius 3 is 2.82 bits per heavy atom. The number of hydrogen-bond donors (Lipinski definition) is 5. The van der Waals surface area contributed by atoms with Crippen molar-refractivity contribution in [3.8, 4) is 0 Å². The highest BCUT2D eigenvalue weighted by Gasteiger charge is 2.56. The summed E-state index contributed by atoms with van der Waals surface area (Å²) in [6.07, 6.45) is 2.15. The smallest absolute Gasteiger partial charge is 0.451 e. The fourth-order valence-corrected chi connectivity index (χ4v) is 3.91. The number of carbonyl (C=O) groups is 1. The molecule has 0 aromatic heterocycles. The van der Waals surface area contributed by atoms with Crippen molar-refractivity contribution in [1.29, 1.82) is 0 Å². The molecule has 2 fully saturated rings. The average molecular weight is 311 g/mol. The molecular weight excluding hydrogens is 285 g/mol. The molecule has 4 atom stereocenters. The molecule has 4 unspecified atom stereocenters. The number of nitrogens with zero attached hydrogens (tertiary/aromatic N) is 1. The summed E-state index contributed by atoms with van der Waals surface area (Å²) in [6, 6.07) is -0.600. The van der Waals surface area contributed by atoms with Crippen LogP contribution >= 0.6 is 0 Å². The van der Waals surface area contributed by atoms with Crippen LogP contribution in [0.25, 0.3) is 0 Å². The van der Waals surface area contributed by atoms with E-state index in [0.717, 1.165) is 0 Å². The van der Waals surface area contributed by atoms with E-state index in [1.165, 1.54) is 0 Å². The number of nitrogens with two attached hydrogens (primary N) is 1. The summed E-state index contributed by atoms with van der Waals surface area (Å²) in [5.41, 5.74) is 5.15. The molecule has 0 saturated carbocycles. The number of nitrogens with one attached hydrogen (secondary N) is 1. The number of aliphatic hydroxyl groups excluding tert-OH is 1. The van der Waals surface area contributed by atoms with Gasteiger partial charge in [-0.2, -0.15) is 0 Å². The fourth-order valence-electron chi connectivity index (χ4n) is 3.91. The number of piperidine rings is 1. The summed E-state index contributed by atoms with van der Waals surface area (Å²) in [7, 11) is -1.33. The maximum Gasteiger partial charge on any atom is 0.451 e. The van der Waals surface area contributed by atoms with Crippen molar-refractivity contribution in [2.24, 2.45) is 11.7 Å². The summed E-state index contributed by atoms with van der Waals surface area (Å²) < 4.78 is 0. The lowest BCUT2D eigenvalue weighted by Gasteiger charge is -2.45. The van der Waals surface area contributed by atoms with Crippen LogP contribution in [0.15, 0.2) is 12.3 Å². The molecule has 2 saturated heterocycles. The monoisotopic (exact) mass is 311 g/mol. The summed E-state index contributed by atoms with van der Waals surface area (Å²) in [4.78, 5) is 14.1. The molecule has 2 heterocycles. The highest BCUT2D eigenvalue weighted by molar-refractivity contribution is 6.40. The Balaban J connectivity index is 2.17. The number of likely N-dealkylation sites (tertiary alicyclic amines) is 1. The largest absolute Gasteiger partial charge is 0.511 e. The first-order chi connectivity index (χ1) is 10.3. The van der Waals surface area contributed by atoms with Gasteiger partial charge in [0.2, 0.25) is 5.91 Å². The average Bonchev–Trinajstić information content (AvgIpc) is 2.67. The number of aliphatic hydroxyl groups is 1. The highest BCUT2D eigenvalue weighted by atomic mass is 16.4. The maximum absolute atomic E-state index is 12.3. The van der Waals surface area contributed by atoms with E-state index in [1.54, 1.807) is 11.8 Å². The molecule has 2 bridgehead atoms. The van der Waals surface area contributed by atoms with Crippen molar-refractivity contribution in [1.82, 2.24) is 10.2 Å². The first-order valence-corrected chi connectivity index (χ1v) is 7.85. The zero-order chi connectivity index (χ0) is 16.5. The summed E-state index contributed by atoms with van der Waals surface area (Å²) >= 11 is 0. The van der Waals surface area contributed by atoms with E-state index >= 15 is 0 Å². The molecule has 7 nitrogen and oxygen atoms in total. The Morgan fingerprint density at radius 1 is 1.59 bits per heavy atom. The lowest BCUT2D eigenvalue weighted by molar-refractivity contribution is -0.137. The van der Waals surface area contributed by atoms with Crippen LogP contribution in [-0.4, -0.2) is 63.8 Å².